The van der Waals surface area contributed by atoms with Gasteiger partial charge in [0.25, 0.3) is 0 Å². The molecule has 1 aliphatic heterocycles. The van der Waals surface area contributed by atoms with Crippen molar-refractivity contribution in [3.63, 3.8) is 0 Å². The van der Waals surface area contributed by atoms with Gasteiger partial charge in [0, 0.05) is 23.1 Å². The highest BCUT2D eigenvalue weighted by molar-refractivity contribution is 7.98. The molecule has 0 spiro atoms. The average molecular weight is 228 g/mol. The highest BCUT2D eigenvalue weighted by Gasteiger charge is 2.16. The smallest absolute Gasteiger partial charge is 0.0946 e. The Labute approximate surface area is 93.3 Å². The summed E-state index contributed by atoms with van der Waals surface area (Å²) in [6.45, 7) is 2.13. The van der Waals surface area contributed by atoms with Gasteiger partial charge in [-0.25, -0.2) is 4.98 Å². The van der Waals surface area contributed by atoms with E-state index >= 15 is 0 Å². The van der Waals surface area contributed by atoms with Gasteiger partial charge in [0.2, 0.25) is 0 Å². The molecule has 1 aromatic heterocycles. The van der Waals surface area contributed by atoms with Crippen LogP contribution in [0.5, 0.6) is 0 Å². The fraction of sp³-hybridized carbons (Fsp3) is 0.700. The largest absolute Gasteiger partial charge is 0.327 e. The highest BCUT2D eigenvalue weighted by Crippen LogP contribution is 2.29. The zero-order chi connectivity index (χ0) is 9.97. The summed E-state index contributed by atoms with van der Waals surface area (Å²) >= 11 is 3.88. The number of rotatable bonds is 3. The molecule has 4 heteroatoms. The minimum absolute atomic E-state index is 0.287. The van der Waals surface area contributed by atoms with Crippen molar-refractivity contribution >= 4 is 23.1 Å². The molecule has 0 fully saturated rings. The summed E-state index contributed by atoms with van der Waals surface area (Å²) in [6, 6.07) is 0.287. The zero-order valence-electron chi connectivity index (χ0n) is 8.45. The lowest BCUT2D eigenvalue weighted by Gasteiger charge is -2.06. The second-order valence-electron chi connectivity index (χ2n) is 3.65. The van der Waals surface area contributed by atoms with Crippen LogP contribution in [-0.2, 0) is 18.6 Å². The summed E-state index contributed by atoms with van der Waals surface area (Å²) in [5, 5.41) is 1.24. The van der Waals surface area contributed by atoms with E-state index in [2.05, 4.69) is 11.9 Å². The van der Waals surface area contributed by atoms with Crippen molar-refractivity contribution in [1.82, 2.24) is 4.98 Å². The van der Waals surface area contributed by atoms with Gasteiger partial charge in [-0.15, -0.1) is 11.3 Å². The second kappa shape index (κ2) is 4.64. The second-order valence-corrected chi connectivity index (χ2v) is 5.93. The van der Waals surface area contributed by atoms with Gasteiger partial charge in [-0.2, -0.15) is 11.8 Å². The molecule has 0 aromatic carbocycles. The van der Waals surface area contributed by atoms with Gasteiger partial charge >= 0.3 is 0 Å². The fourth-order valence-corrected chi connectivity index (χ4v) is 3.86. The van der Waals surface area contributed by atoms with Crippen LogP contribution in [0.2, 0.25) is 0 Å². The molecule has 1 aliphatic rings. The van der Waals surface area contributed by atoms with Gasteiger partial charge in [0.05, 0.1) is 10.7 Å². The Morgan fingerprint density at radius 1 is 1.57 bits per heavy atom. The number of hydrogen-bond acceptors (Lipinski definition) is 4. The molecular formula is C10H16N2S2. The van der Waals surface area contributed by atoms with Crippen molar-refractivity contribution < 1.29 is 0 Å². The van der Waals surface area contributed by atoms with E-state index in [0.29, 0.717) is 0 Å². The van der Waals surface area contributed by atoms with E-state index in [4.69, 9.17) is 5.73 Å². The summed E-state index contributed by atoms with van der Waals surface area (Å²) in [6.07, 6.45) is 3.15. The van der Waals surface area contributed by atoms with Crippen molar-refractivity contribution in [2.45, 2.75) is 38.0 Å². The Morgan fingerprint density at radius 3 is 3.14 bits per heavy atom. The third kappa shape index (κ3) is 2.30. The molecule has 0 aliphatic carbocycles. The maximum Gasteiger partial charge on any atom is 0.0946 e. The first-order valence-electron chi connectivity index (χ1n) is 5.10. The molecule has 1 aromatic rings. The van der Waals surface area contributed by atoms with E-state index in [1.165, 1.54) is 21.3 Å². The van der Waals surface area contributed by atoms with E-state index in [9.17, 15) is 0 Å². The lowest BCUT2D eigenvalue weighted by molar-refractivity contribution is 0.643. The summed E-state index contributed by atoms with van der Waals surface area (Å²) in [7, 11) is 0. The molecule has 1 unspecified atom stereocenters. The van der Waals surface area contributed by atoms with Crippen molar-refractivity contribution in [1.29, 1.82) is 0 Å². The Bertz CT molecular complexity index is 286. The van der Waals surface area contributed by atoms with E-state index in [1.807, 2.05) is 23.1 Å². The third-order valence-corrected chi connectivity index (χ3v) is 4.79. The normalized spacial score (nSPS) is 17.9. The van der Waals surface area contributed by atoms with Crippen LogP contribution in [0.4, 0.5) is 0 Å². The third-order valence-electron chi connectivity index (χ3n) is 2.50. The van der Waals surface area contributed by atoms with Crippen LogP contribution >= 0.6 is 23.1 Å². The molecule has 0 amide bonds. The maximum absolute atomic E-state index is 5.92. The van der Waals surface area contributed by atoms with Crippen molar-refractivity contribution in [2.24, 2.45) is 5.73 Å². The quantitative estimate of drug-likeness (QED) is 0.862. The number of fused-ring (bicyclic) bond motifs is 1. The van der Waals surface area contributed by atoms with Crippen molar-refractivity contribution in [3.05, 3.63) is 15.6 Å². The predicted molar refractivity (Wildman–Crippen MR) is 64.0 cm³/mol. The minimum Gasteiger partial charge on any atom is -0.327 e. The number of nitrogens with two attached hydrogens (primary N) is 1. The van der Waals surface area contributed by atoms with Crippen LogP contribution in [0.1, 0.15) is 28.9 Å². The number of aromatic nitrogens is 1. The first-order chi connectivity index (χ1) is 6.79. The Hall–Kier alpha value is -0.0600. The Morgan fingerprint density at radius 2 is 2.43 bits per heavy atom. The van der Waals surface area contributed by atoms with Gasteiger partial charge in [0.1, 0.15) is 0 Å². The molecule has 0 saturated carbocycles. The van der Waals surface area contributed by atoms with Crippen LogP contribution in [0.3, 0.4) is 0 Å². The van der Waals surface area contributed by atoms with E-state index in [-0.39, 0.29) is 6.04 Å². The number of hydrogen-bond donors (Lipinski definition) is 1. The van der Waals surface area contributed by atoms with E-state index < -0.39 is 0 Å². The Balaban J connectivity index is 2.08. The van der Waals surface area contributed by atoms with Gasteiger partial charge in [-0.3, -0.25) is 0 Å². The zero-order valence-corrected chi connectivity index (χ0v) is 10.1. The topological polar surface area (TPSA) is 38.9 Å². The predicted octanol–water partition coefficient (Wildman–Crippen LogP) is 2.21. The molecule has 0 radical (unpaired) electrons. The van der Waals surface area contributed by atoms with Crippen LogP contribution in [0.15, 0.2) is 0 Å². The summed E-state index contributed by atoms with van der Waals surface area (Å²) < 4.78 is 0. The minimum atomic E-state index is 0.287. The van der Waals surface area contributed by atoms with Crippen LogP contribution in [-0.4, -0.2) is 16.8 Å². The molecule has 14 heavy (non-hydrogen) atoms. The van der Waals surface area contributed by atoms with Crippen molar-refractivity contribution in [2.75, 3.05) is 5.75 Å². The molecule has 1 atom stereocenters. The Kier molecular flexibility index (Phi) is 3.47. The number of aryl methyl sites for hydroxylation is 1. The van der Waals surface area contributed by atoms with Gasteiger partial charge < -0.3 is 5.73 Å². The van der Waals surface area contributed by atoms with Gasteiger partial charge in [-0.1, -0.05) is 6.92 Å². The molecule has 2 N–H and O–H groups in total. The lowest BCUT2D eigenvalue weighted by atomic mass is 10.2. The molecule has 0 saturated heterocycles. The highest BCUT2D eigenvalue weighted by atomic mass is 32.2. The molecule has 0 bridgehead atoms. The van der Waals surface area contributed by atoms with Crippen LogP contribution in [0, 0.1) is 0 Å². The number of nitrogens with zero attached hydrogens (tertiary/aromatic N) is 1. The van der Waals surface area contributed by atoms with Crippen LogP contribution < -0.4 is 5.73 Å². The average Bonchev–Trinajstić information content (AvgIpc) is 2.59. The summed E-state index contributed by atoms with van der Waals surface area (Å²) in [4.78, 5) is 6.15. The number of thioether (sulfide) groups is 1. The van der Waals surface area contributed by atoms with E-state index in [1.54, 1.807) is 0 Å². The number of thiazole rings is 1. The first kappa shape index (κ1) is 10.5. The molecular weight excluding hydrogens is 212 g/mol. The lowest BCUT2D eigenvalue weighted by Crippen LogP contribution is -2.21. The monoisotopic (exact) mass is 228 g/mol. The summed E-state index contributed by atoms with van der Waals surface area (Å²) in [5.41, 5.74) is 7.26. The molecule has 2 heterocycles. The van der Waals surface area contributed by atoms with Gasteiger partial charge in [-0.05, 0) is 18.6 Å². The molecule has 78 valence electrons. The van der Waals surface area contributed by atoms with E-state index in [0.717, 1.165) is 25.0 Å². The molecule has 2 nitrogen and oxygen atoms in total. The summed E-state index contributed by atoms with van der Waals surface area (Å²) in [5.74, 6) is 2.39. The van der Waals surface area contributed by atoms with Crippen LogP contribution in [0.25, 0.3) is 0 Å². The van der Waals surface area contributed by atoms with Gasteiger partial charge in [0.15, 0.2) is 0 Å². The van der Waals surface area contributed by atoms with Crippen molar-refractivity contribution in [3.8, 4) is 0 Å². The SMILES string of the molecule is CCC(N)Cc1nc2c(s1)CSCC2. The fourth-order valence-electron chi connectivity index (χ4n) is 1.53. The first-order valence-corrected chi connectivity index (χ1v) is 7.07. The molecule has 2 rings (SSSR count). The maximum atomic E-state index is 5.92. The standard InChI is InChI=1S/C10H16N2S2/c1-2-7(11)5-10-12-8-3-4-13-6-9(8)14-10/h7H,2-6,11H2,1H3.